The van der Waals surface area contributed by atoms with Gasteiger partial charge in [-0.3, -0.25) is 9.59 Å². The average molecular weight is 248 g/mol. The lowest BCUT2D eigenvalue weighted by Crippen LogP contribution is -2.16. The number of nitrogens with zero attached hydrogens (tertiary/aromatic N) is 3. The number of hydrogen-bond donors (Lipinski definition) is 3. The largest absolute Gasteiger partial charge is 0.396 e. The van der Waals surface area contributed by atoms with E-state index < -0.39 is 5.91 Å². The van der Waals surface area contributed by atoms with Crippen molar-refractivity contribution in [1.29, 1.82) is 0 Å². The SMILES string of the molecule is CCc1nc(-n2cc(N)c(C(N)=O)n2)cc(=O)[nH]1. The van der Waals surface area contributed by atoms with Crippen molar-refractivity contribution in [3.05, 3.63) is 34.1 Å². The zero-order chi connectivity index (χ0) is 13.3. The van der Waals surface area contributed by atoms with Crippen LogP contribution in [-0.4, -0.2) is 25.7 Å². The number of anilines is 1. The first kappa shape index (κ1) is 11.8. The quantitative estimate of drug-likeness (QED) is 0.654. The molecule has 8 heteroatoms. The van der Waals surface area contributed by atoms with Gasteiger partial charge in [0.1, 0.15) is 5.82 Å². The van der Waals surface area contributed by atoms with Crippen molar-refractivity contribution in [2.75, 3.05) is 5.73 Å². The number of hydrogen-bond acceptors (Lipinski definition) is 5. The lowest BCUT2D eigenvalue weighted by molar-refractivity contribution is 0.0996. The van der Waals surface area contributed by atoms with Gasteiger partial charge < -0.3 is 16.5 Å². The van der Waals surface area contributed by atoms with Gasteiger partial charge in [-0.15, -0.1) is 0 Å². The lowest BCUT2D eigenvalue weighted by atomic mass is 10.4. The second kappa shape index (κ2) is 4.32. The third-order valence-corrected chi connectivity index (χ3v) is 2.32. The molecule has 5 N–H and O–H groups in total. The Morgan fingerprint density at radius 2 is 2.28 bits per heavy atom. The number of carbonyl (C=O) groups excluding carboxylic acids is 1. The smallest absolute Gasteiger partial charge is 0.271 e. The third-order valence-electron chi connectivity index (χ3n) is 2.32. The molecule has 1 amide bonds. The molecule has 0 atom stereocenters. The summed E-state index contributed by atoms with van der Waals surface area (Å²) in [6.45, 7) is 1.86. The summed E-state index contributed by atoms with van der Waals surface area (Å²) in [7, 11) is 0. The fraction of sp³-hybridized carbons (Fsp3) is 0.200. The number of aryl methyl sites for hydroxylation is 1. The number of aromatic amines is 1. The molecule has 2 aromatic rings. The van der Waals surface area contributed by atoms with Crippen LogP contribution in [0, 0.1) is 0 Å². The minimum Gasteiger partial charge on any atom is -0.396 e. The zero-order valence-corrected chi connectivity index (χ0v) is 9.67. The van der Waals surface area contributed by atoms with Crippen LogP contribution in [0.2, 0.25) is 0 Å². The van der Waals surface area contributed by atoms with E-state index in [0.29, 0.717) is 12.2 Å². The van der Waals surface area contributed by atoms with Crippen LogP contribution in [0.25, 0.3) is 5.82 Å². The Balaban J connectivity index is 2.55. The van der Waals surface area contributed by atoms with Crippen molar-refractivity contribution in [2.45, 2.75) is 13.3 Å². The Kier molecular flexibility index (Phi) is 2.84. The molecular formula is C10H12N6O2. The van der Waals surface area contributed by atoms with E-state index in [1.165, 1.54) is 16.9 Å². The van der Waals surface area contributed by atoms with E-state index in [1.54, 1.807) is 0 Å². The molecule has 2 aromatic heterocycles. The molecule has 2 heterocycles. The molecule has 0 bridgehead atoms. The summed E-state index contributed by atoms with van der Waals surface area (Å²) < 4.78 is 1.25. The van der Waals surface area contributed by atoms with Crippen LogP contribution in [0.15, 0.2) is 17.1 Å². The highest BCUT2D eigenvalue weighted by Gasteiger charge is 2.13. The highest BCUT2D eigenvalue weighted by molar-refractivity contribution is 5.95. The summed E-state index contributed by atoms with van der Waals surface area (Å²) in [4.78, 5) is 29.2. The van der Waals surface area contributed by atoms with Crippen molar-refractivity contribution in [1.82, 2.24) is 19.7 Å². The average Bonchev–Trinajstić information content (AvgIpc) is 2.70. The molecule has 0 saturated heterocycles. The second-order valence-electron chi connectivity index (χ2n) is 3.65. The topological polar surface area (TPSA) is 133 Å². The van der Waals surface area contributed by atoms with E-state index >= 15 is 0 Å². The van der Waals surface area contributed by atoms with Gasteiger partial charge in [0.05, 0.1) is 11.9 Å². The summed E-state index contributed by atoms with van der Waals surface area (Å²) in [5.74, 6) is 0.0776. The Morgan fingerprint density at radius 3 is 2.83 bits per heavy atom. The Bertz CT molecular complexity index is 657. The minimum absolute atomic E-state index is 0.0462. The molecule has 0 aliphatic carbocycles. The van der Waals surface area contributed by atoms with Crippen molar-refractivity contribution >= 4 is 11.6 Å². The highest BCUT2D eigenvalue weighted by atomic mass is 16.1. The molecule has 8 nitrogen and oxygen atoms in total. The maximum atomic E-state index is 11.4. The van der Waals surface area contributed by atoms with Gasteiger partial charge in [0, 0.05) is 12.5 Å². The maximum absolute atomic E-state index is 11.4. The molecule has 94 valence electrons. The number of rotatable bonds is 3. The molecule has 0 spiro atoms. The number of primary amides is 1. The first-order valence-corrected chi connectivity index (χ1v) is 5.26. The van der Waals surface area contributed by atoms with Crippen molar-refractivity contribution in [3.8, 4) is 5.82 Å². The molecule has 0 aliphatic heterocycles. The van der Waals surface area contributed by atoms with Gasteiger partial charge >= 0.3 is 0 Å². The van der Waals surface area contributed by atoms with Gasteiger partial charge in [-0.2, -0.15) is 5.10 Å². The van der Waals surface area contributed by atoms with Crippen LogP contribution in [0.5, 0.6) is 0 Å². The number of H-pyrrole nitrogens is 1. The van der Waals surface area contributed by atoms with E-state index in [4.69, 9.17) is 11.5 Å². The summed E-state index contributed by atoms with van der Waals surface area (Å²) in [5, 5.41) is 3.90. The highest BCUT2D eigenvalue weighted by Crippen LogP contribution is 2.11. The van der Waals surface area contributed by atoms with Gasteiger partial charge in [-0.1, -0.05) is 6.92 Å². The third kappa shape index (κ3) is 2.08. The van der Waals surface area contributed by atoms with Crippen molar-refractivity contribution in [2.24, 2.45) is 5.73 Å². The van der Waals surface area contributed by atoms with Crippen LogP contribution in [0.4, 0.5) is 5.69 Å². The molecule has 18 heavy (non-hydrogen) atoms. The van der Waals surface area contributed by atoms with E-state index in [-0.39, 0.29) is 22.8 Å². The molecular weight excluding hydrogens is 236 g/mol. The maximum Gasteiger partial charge on any atom is 0.271 e. The number of nitrogens with one attached hydrogen (secondary N) is 1. The summed E-state index contributed by atoms with van der Waals surface area (Å²) in [6.07, 6.45) is 1.96. The molecule has 0 radical (unpaired) electrons. The minimum atomic E-state index is -0.730. The molecule has 0 unspecified atom stereocenters. The van der Waals surface area contributed by atoms with Crippen LogP contribution >= 0.6 is 0 Å². The lowest BCUT2D eigenvalue weighted by Gasteiger charge is -2.01. The normalized spacial score (nSPS) is 10.5. The number of nitrogen functional groups attached to an aromatic ring is 1. The summed E-state index contributed by atoms with van der Waals surface area (Å²) >= 11 is 0. The standard InChI is InChI=1S/C10H12N6O2/c1-2-6-13-7(3-8(17)14-6)16-4-5(11)9(15-16)10(12)18/h3-4H,2,11H2,1H3,(H2,12,18)(H,13,14,17). The number of carbonyl (C=O) groups is 1. The second-order valence-corrected chi connectivity index (χ2v) is 3.65. The Hall–Kier alpha value is -2.64. The molecule has 2 rings (SSSR count). The zero-order valence-electron chi connectivity index (χ0n) is 9.67. The van der Waals surface area contributed by atoms with Crippen LogP contribution in [-0.2, 0) is 6.42 Å². The van der Waals surface area contributed by atoms with E-state index in [2.05, 4.69) is 15.1 Å². The fourth-order valence-electron chi connectivity index (χ4n) is 1.47. The Morgan fingerprint density at radius 1 is 1.56 bits per heavy atom. The molecule has 0 aromatic carbocycles. The first-order chi connectivity index (χ1) is 8.51. The van der Waals surface area contributed by atoms with E-state index in [0.717, 1.165) is 0 Å². The van der Waals surface area contributed by atoms with Gasteiger partial charge in [0.2, 0.25) is 0 Å². The number of aromatic nitrogens is 4. The molecule has 0 fully saturated rings. The summed E-state index contributed by atoms with van der Waals surface area (Å²) in [6, 6.07) is 1.26. The Labute approximate surface area is 102 Å². The van der Waals surface area contributed by atoms with Gasteiger partial charge in [-0.05, 0) is 0 Å². The van der Waals surface area contributed by atoms with Crippen LogP contribution < -0.4 is 17.0 Å². The fourth-order valence-corrected chi connectivity index (χ4v) is 1.47. The summed E-state index contributed by atoms with van der Waals surface area (Å²) in [5.41, 5.74) is 10.5. The van der Waals surface area contributed by atoms with Gasteiger partial charge in [0.15, 0.2) is 11.5 Å². The van der Waals surface area contributed by atoms with Gasteiger partial charge in [0.25, 0.3) is 11.5 Å². The van der Waals surface area contributed by atoms with Crippen LogP contribution in [0.1, 0.15) is 23.2 Å². The first-order valence-electron chi connectivity index (χ1n) is 5.26. The number of nitrogens with two attached hydrogens (primary N) is 2. The predicted molar refractivity (Wildman–Crippen MR) is 64.3 cm³/mol. The predicted octanol–water partition coefficient (Wildman–Crippen LogP) is -0.801. The van der Waals surface area contributed by atoms with E-state index in [1.807, 2.05) is 6.92 Å². The van der Waals surface area contributed by atoms with Gasteiger partial charge in [-0.25, -0.2) is 9.67 Å². The van der Waals surface area contributed by atoms with Crippen molar-refractivity contribution < 1.29 is 4.79 Å². The number of amides is 1. The monoisotopic (exact) mass is 248 g/mol. The van der Waals surface area contributed by atoms with Crippen molar-refractivity contribution in [3.63, 3.8) is 0 Å². The van der Waals surface area contributed by atoms with E-state index in [9.17, 15) is 9.59 Å². The molecule has 0 saturated carbocycles. The molecule has 0 aliphatic rings. The van der Waals surface area contributed by atoms with Crippen LogP contribution in [0.3, 0.4) is 0 Å².